The highest BCUT2D eigenvalue weighted by Gasteiger charge is 2.07. The molecule has 0 amide bonds. The molecule has 0 atom stereocenters. The molecule has 2 radical (unpaired) electrons. The second-order valence-corrected chi connectivity index (χ2v) is 1.54. The lowest BCUT2D eigenvalue weighted by Crippen LogP contribution is -1.74. The van der Waals surface area contributed by atoms with Crippen molar-refractivity contribution in [2.75, 3.05) is 0 Å². The van der Waals surface area contributed by atoms with Gasteiger partial charge in [-0.3, -0.25) is 5.32 Å². The van der Waals surface area contributed by atoms with Crippen molar-refractivity contribution in [1.29, 1.82) is 0 Å². The number of nitrogens with zero attached hydrogens (tertiary/aromatic N) is 1. The topological polar surface area (TPSA) is 27.2 Å². The summed E-state index contributed by atoms with van der Waals surface area (Å²) in [6.07, 6.45) is 5.02. The van der Waals surface area contributed by atoms with E-state index in [-0.39, 0.29) is 0 Å². The first-order chi connectivity index (χ1) is 3.97. The standard InChI is InChI=1S/C6H3NO/c1-3-7-5-2-4-8-6(1)5/h1,3-4H. The molecular formula is C6H3NO. The van der Waals surface area contributed by atoms with Gasteiger partial charge in [-0.15, -0.1) is 0 Å². The van der Waals surface area contributed by atoms with Gasteiger partial charge in [0.25, 0.3) is 0 Å². The van der Waals surface area contributed by atoms with Crippen molar-refractivity contribution in [3.05, 3.63) is 24.3 Å². The Hall–Kier alpha value is -1.18. The third-order valence-electron chi connectivity index (χ3n) is 1.04. The average Bonchev–Trinajstić information content (AvgIpc) is 2.15. The molecule has 1 aromatic heterocycles. The van der Waals surface area contributed by atoms with Gasteiger partial charge in [-0.05, 0) is 0 Å². The van der Waals surface area contributed by atoms with Crippen LogP contribution in [0.2, 0.25) is 0 Å². The molecule has 0 aliphatic carbocycles. The summed E-state index contributed by atoms with van der Waals surface area (Å²) in [5.41, 5.74) is 0.810. The second-order valence-electron chi connectivity index (χ2n) is 1.54. The Morgan fingerprint density at radius 3 is 3.50 bits per heavy atom. The van der Waals surface area contributed by atoms with E-state index in [0.717, 1.165) is 11.4 Å². The summed E-state index contributed by atoms with van der Waals surface area (Å²) in [6, 6.07) is 2.82. The van der Waals surface area contributed by atoms with Gasteiger partial charge in [0.2, 0.25) is 0 Å². The van der Waals surface area contributed by atoms with Gasteiger partial charge in [0.15, 0.2) is 5.76 Å². The van der Waals surface area contributed by atoms with E-state index in [9.17, 15) is 0 Å². The Balaban J connectivity index is 2.67. The molecule has 1 aromatic rings. The van der Waals surface area contributed by atoms with Gasteiger partial charge < -0.3 is 4.42 Å². The van der Waals surface area contributed by atoms with Gasteiger partial charge in [-0.2, -0.15) is 0 Å². The van der Waals surface area contributed by atoms with Crippen LogP contribution in [0.25, 0.3) is 6.08 Å². The summed E-state index contributed by atoms with van der Waals surface area (Å²) < 4.78 is 4.94. The summed E-state index contributed by atoms with van der Waals surface area (Å²) >= 11 is 0. The number of hydrogen-bond acceptors (Lipinski definition) is 1. The fourth-order valence-electron chi connectivity index (χ4n) is 0.674. The van der Waals surface area contributed by atoms with Crippen molar-refractivity contribution in [3.63, 3.8) is 0 Å². The van der Waals surface area contributed by atoms with E-state index in [1.807, 2.05) is 6.08 Å². The van der Waals surface area contributed by atoms with E-state index < -0.39 is 0 Å². The fourth-order valence-corrected chi connectivity index (χ4v) is 0.674. The summed E-state index contributed by atoms with van der Waals surface area (Å²) in [5, 5.41) is 3.93. The predicted molar refractivity (Wildman–Crippen MR) is 28.4 cm³/mol. The first-order valence-electron chi connectivity index (χ1n) is 2.33. The third kappa shape index (κ3) is 0.320. The summed E-state index contributed by atoms with van der Waals surface area (Å²) in [4.78, 5) is 0. The molecule has 0 bridgehead atoms. The molecule has 1 aliphatic heterocycles. The predicted octanol–water partition coefficient (Wildman–Crippen LogP) is 1.30. The lowest BCUT2D eigenvalue weighted by Gasteiger charge is -1.78. The molecule has 0 unspecified atom stereocenters. The van der Waals surface area contributed by atoms with Gasteiger partial charge in [-0.1, -0.05) is 0 Å². The van der Waals surface area contributed by atoms with Crippen LogP contribution in [0.15, 0.2) is 16.9 Å². The maximum absolute atomic E-state index is 4.94. The van der Waals surface area contributed by atoms with Crippen LogP contribution in [0.1, 0.15) is 5.76 Å². The zero-order valence-electron chi connectivity index (χ0n) is 4.09. The molecule has 2 rings (SSSR count). The van der Waals surface area contributed by atoms with Gasteiger partial charge in [0, 0.05) is 12.3 Å². The van der Waals surface area contributed by atoms with E-state index in [1.54, 1.807) is 6.20 Å². The number of furan rings is 1. The van der Waals surface area contributed by atoms with E-state index in [2.05, 4.69) is 11.4 Å². The van der Waals surface area contributed by atoms with Crippen molar-refractivity contribution < 1.29 is 4.42 Å². The van der Waals surface area contributed by atoms with Gasteiger partial charge in [0.05, 0.1) is 6.07 Å². The fraction of sp³-hybridized carbons (Fsp3) is 0. The molecule has 1 aliphatic rings. The van der Waals surface area contributed by atoms with E-state index in [0.29, 0.717) is 0 Å². The van der Waals surface area contributed by atoms with Gasteiger partial charge in [0.1, 0.15) is 12.0 Å². The highest BCUT2D eigenvalue weighted by atomic mass is 16.3. The van der Waals surface area contributed by atoms with Crippen molar-refractivity contribution >= 4 is 11.8 Å². The van der Waals surface area contributed by atoms with Crippen LogP contribution in [0, 0.1) is 6.07 Å². The lowest BCUT2D eigenvalue weighted by atomic mass is 10.4. The molecule has 0 aromatic carbocycles. The Morgan fingerprint density at radius 2 is 2.62 bits per heavy atom. The minimum Gasteiger partial charge on any atom is -0.462 e. The molecular weight excluding hydrogens is 102 g/mol. The Kier molecular flexibility index (Phi) is 0.545. The quantitative estimate of drug-likeness (QED) is 0.488. The minimum atomic E-state index is 0.810. The summed E-state index contributed by atoms with van der Waals surface area (Å²) in [6.45, 7) is 0. The van der Waals surface area contributed by atoms with Crippen LogP contribution >= 0.6 is 0 Å². The second kappa shape index (κ2) is 1.15. The molecule has 0 saturated carbocycles. The van der Waals surface area contributed by atoms with Gasteiger partial charge >= 0.3 is 0 Å². The van der Waals surface area contributed by atoms with Crippen LogP contribution in [0.3, 0.4) is 0 Å². The molecule has 2 heterocycles. The summed E-state index contributed by atoms with van der Waals surface area (Å²) in [7, 11) is 0. The maximum Gasteiger partial charge on any atom is 0.154 e. The Labute approximate surface area is 46.8 Å². The lowest BCUT2D eigenvalue weighted by molar-refractivity contribution is 0.558. The highest BCUT2D eigenvalue weighted by Crippen LogP contribution is 2.22. The molecule has 0 saturated heterocycles. The van der Waals surface area contributed by atoms with Crippen LogP contribution in [0.4, 0.5) is 5.69 Å². The molecule has 2 heteroatoms. The third-order valence-corrected chi connectivity index (χ3v) is 1.04. The molecule has 0 N–H and O–H groups in total. The zero-order valence-corrected chi connectivity index (χ0v) is 4.09. The van der Waals surface area contributed by atoms with E-state index in [1.165, 1.54) is 6.26 Å². The number of rotatable bonds is 0. The van der Waals surface area contributed by atoms with Crippen molar-refractivity contribution in [2.45, 2.75) is 0 Å². The number of hydrogen-bond donors (Lipinski definition) is 0. The molecule has 38 valence electrons. The monoisotopic (exact) mass is 105 g/mol. The normalized spacial score (nSPS) is 13.5. The van der Waals surface area contributed by atoms with E-state index >= 15 is 0 Å². The molecule has 0 fully saturated rings. The maximum atomic E-state index is 4.94. The zero-order chi connectivity index (χ0) is 5.40. The first kappa shape index (κ1) is 3.78. The Morgan fingerprint density at radius 1 is 1.62 bits per heavy atom. The van der Waals surface area contributed by atoms with Crippen LogP contribution in [0.5, 0.6) is 0 Å². The van der Waals surface area contributed by atoms with Crippen LogP contribution in [-0.2, 0) is 0 Å². The van der Waals surface area contributed by atoms with Crippen molar-refractivity contribution in [1.82, 2.24) is 5.32 Å². The Bertz CT molecular complexity index is 224. The highest BCUT2D eigenvalue weighted by molar-refractivity contribution is 5.63. The van der Waals surface area contributed by atoms with Crippen molar-refractivity contribution in [2.24, 2.45) is 0 Å². The SMILES string of the molecule is [c]1coc2c1[N]C=C2. The molecule has 2 nitrogen and oxygen atoms in total. The van der Waals surface area contributed by atoms with Gasteiger partial charge in [-0.25, -0.2) is 0 Å². The minimum absolute atomic E-state index is 0.810. The first-order valence-corrected chi connectivity index (χ1v) is 2.33. The van der Waals surface area contributed by atoms with E-state index in [4.69, 9.17) is 4.42 Å². The average molecular weight is 105 g/mol. The smallest absolute Gasteiger partial charge is 0.154 e. The molecule has 8 heavy (non-hydrogen) atoms. The van der Waals surface area contributed by atoms with Crippen molar-refractivity contribution in [3.8, 4) is 0 Å². The molecule has 0 spiro atoms. The number of fused-ring (bicyclic) bond motifs is 1. The summed E-state index contributed by atoms with van der Waals surface area (Å²) in [5.74, 6) is 0.810. The van der Waals surface area contributed by atoms with Crippen LogP contribution in [-0.4, -0.2) is 0 Å². The largest absolute Gasteiger partial charge is 0.462 e. The van der Waals surface area contributed by atoms with Crippen LogP contribution < -0.4 is 5.32 Å².